The molecule has 5 heteroatoms. The van der Waals surface area contributed by atoms with E-state index < -0.39 is 0 Å². The van der Waals surface area contributed by atoms with E-state index in [4.69, 9.17) is 4.74 Å². The molecule has 4 rings (SSSR count). The number of hydrogen-bond donors (Lipinski definition) is 1. The second-order valence-corrected chi connectivity index (χ2v) is 9.49. The van der Waals surface area contributed by atoms with Gasteiger partial charge in [-0.2, -0.15) is 0 Å². The summed E-state index contributed by atoms with van der Waals surface area (Å²) in [4.78, 5) is 16.5. The van der Waals surface area contributed by atoms with Crippen LogP contribution >= 0.6 is 11.8 Å². The maximum absolute atomic E-state index is 13.1. The highest BCUT2D eigenvalue weighted by Crippen LogP contribution is 2.31. The van der Waals surface area contributed by atoms with Crippen LogP contribution in [0.3, 0.4) is 0 Å². The van der Waals surface area contributed by atoms with Crippen molar-refractivity contribution in [2.24, 2.45) is 5.92 Å². The highest BCUT2D eigenvalue weighted by atomic mass is 32.2. The summed E-state index contributed by atoms with van der Waals surface area (Å²) in [5.74, 6) is 0.583. The van der Waals surface area contributed by atoms with Gasteiger partial charge in [-0.25, -0.2) is 0 Å². The Bertz CT molecular complexity index is 660. The Morgan fingerprint density at radius 1 is 1.14 bits per heavy atom. The molecule has 29 heavy (non-hydrogen) atoms. The Morgan fingerprint density at radius 3 is 2.62 bits per heavy atom. The van der Waals surface area contributed by atoms with Gasteiger partial charge in [0.2, 0.25) is 5.91 Å². The third kappa shape index (κ3) is 6.22. The lowest BCUT2D eigenvalue weighted by atomic mass is 9.97. The van der Waals surface area contributed by atoms with Crippen LogP contribution in [-0.2, 0) is 22.5 Å². The molecule has 0 radical (unpaired) electrons. The lowest BCUT2D eigenvalue weighted by molar-refractivity contribution is -0.136. The molecule has 1 saturated heterocycles. The van der Waals surface area contributed by atoms with E-state index in [0.717, 1.165) is 64.8 Å². The van der Waals surface area contributed by atoms with Crippen LogP contribution in [-0.4, -0.2) is 48.9 Å². The van der Waals surface area contributed by atoms with E-state index in [1.807, 2.05) is 0 Å². The lowest BCUT2D eigenvalue weighted by Gasteiger charge is -2.31. The van der Waals surface area contributed by atoms with Crippen molar-refractivity contribution in [1.82, 2.24) is 10.2 Å². The Labute approximate surface area is 181 Å². The van der Waals surface area contributed by atoms with Crippen molar-refractivity contribution < 1.29 is 9.53 Å². The molecule has 162 valence electrons. The normalized spacial score (nSPS) is 24.6. The monoisotopic (exact) mass is 418 g/mol. The minimum Gasteiger partial charge on any atom is -0.381 e. The molecule has 1 aromatic carbocycles. The Hall–Kier alpha value is -1.04. The molecule has 4 nitrogen and oxygen atoms in total. The summed E-state index contributed by atoms with van der Waals surface area (Å²) >= 11 is 1.77. The van der Waals surface area contributed by atoms with Gasteiger partial charge in [0.05, 0.1) is 0 Å². The quantitative estimate of drug-likeness (QED) is 0.723. The zero-order valence-corrected chi connectivity index (χ0v) is 19.2. The minimum absolute atomic E-state index is 0.206. The summed E-state index contributed by atoms with van der Waals surface area (Å²) < 4.78 is 5.45. The number of ether oxygens (including phenoxy) is 1. The van der Waals surface area contributed by atoms with Crippen molar-refractivity contribution in [2.45, 2.75) is 82.3 Å². The molecule has 0 bridgehead atoms. The van der Waals surface area contributed by atoms with Gasteiger partial charge < -0.3 is 15.0 Å². The van der Waals surface area contributed by atoms with Crippen molar-refractivity contribution in [3.8, 4) is 0 Å². The number of nitrogens with one attached hydrogen (secondary N) is 1. The highest BCUT2D eigenvalue weighted by Gasteiger charge is 2.34. The standard InChI is InChI=1S/C21H30N2O2S.C3H8/c1-26-20-5-3-15-6-9-23(14-17(15)13-20)21(24)16-2-4-19(12-16)22-18-7-10-25-11-8-18;1-3-2/h3,5,13,16,18-19,22H,2,4,6-12,14H2,1H3;3H2,1-2H3. The van der Waals surface area contributed by atoms with Gasteiger partial charge in [-0.05, 0) is 68.0 Å². The summed E-state index contributed by atoms with van der Waals surface area (Å²) in [5.41, 5.74) is 2.75. The highest BCUT2D eigenvalue weighted by molar-refractivity contribution is 7.98. The van der Waals surface area contributed by atoms with E-state index in [2.05, 4.69) is 48.5 Å². The average molecular weight is 419 g/mol. The van der Waals surface area contributed by atoms with Gasteiger partial charge in [0, 0.05) is 49.2 Å². The summed E-state index contributed by atoms with van der Waals surface area (Å²) in [5, 5.41) is 3.78. The van der Waals surface area contributed by atoms with Crippen LogP contribution in [0.15, 0.2) is 23.1 Å². The third-order valence-corrected chi connectivity index (χ3v) is 6.94. The number of benzene rings is 1. The number of fused-ring (bicyclic) bond motifs is 1. The minimum atomic E-state index is 0.206. The predicted octanol–water partition coefficient (Wildman–Crippen LogP) is 4.65. The van der Waals surface area contributed by atoms with Crippen LogP contribution in [0.25, 0.3) is 0 Å². The first-order valence-electron chi connectivity index (χ1n) is 11.4. The fourth-order valence-electron chi connectivity index (χ4n) is 4.66. The van der Waals surface area contributed by atoms with Crippen LogP contribution in [0, 0.1) is 5.92 Å². The average Bonchev–Trinajstić information content (AvgIpc) is 3.22. The van der Waals surface area contributed by atoms with Crippen LogP contribution in [0.1, 0.15) is 63.5 Å². The number of carbonyl (C=O) groups excluding carboxylic acids is 1. The van der Waals surface area contributed by atoms with E-state index in [9.17, 15) is 4.79 Å². The fraction of sp³-hybridized carbons (Fsp3) is 0.708. The molecule has 0 spiro atoms. The van der Waals surface area contributed by atoms with E-state index in [1.165, 1.54) is 22.4 Å². The van der Waals surface area contributed by atoms with Gasteiger partial charge in [-0.3, -0.25) is 4.79 Å². The number of rotatable bonds is 4. The van der Waals surface area contributed by atoms with Crippen LogP contribution in [0.4, 0.5) is 0 Å². The summed E-state index contributed by atoms with van der Waals surface area (Å²) in [6, 6.07) is 7.79. The van der Waals surface area contributed by atoms with Crippen molar-refractivity contribution in [2.75, 3.05) is 26.0 Å². The van der Waals surface area contributed by atoms with Gasteiger partial charge in [-0.1, -0.05) is 26.3 Å². The number of amides is 1. The Kier molecular flexibility index (Phi) is 8.88. The van der Waals surface area contributed by atoms with Crippen LogP contribution in [0.2, 0.25) is 0 Å². The van der Waals surface area contributed by atoms with E-state index in [1.54, 1.807) is 11.8 Å². The fourth-order valence-corrected chi connectivity index (χ4v) is 5.13. The molecule has 2 fully saturated rings. The molecular weight excluding hydrogens is 380 g/mol. The van der Waals surface area contributed by atoms with Crippen molar-refractivity contribution in [3.63, 3.8) is 0 Å². The van der Waals surface area contributed by atoms with Gasteiger partial charge in [0.15, 0.2) is 0 Å². The topological polar surface area (TPSA) is 41.6 Å². The molecule has 3 aliphatic rings. The van der Waals surface area contributed by atoms with Crippen molar-refractivity contribution in [3.05, 3.63) is 29.3 Å². The Balaban J connectivity index is 0.000000755. The maximum atomic E-state index is 13.1. The first kappa shape index (κ1) is 22.6. The first-order chi connectivity index (χ1) is 14.1. The van der Waals surface area contributed by atoms with Crippen LogP contribution in [0.5, 0.6) is 0 Å². The molecule has 1 amide bonds. The molecule has 2 heterocycles. The van der Waals surface area contributed by atoms with E-state index >= 15 is 0 Å². The number of carbonyl (C=O) groups is 1. The first-order valence-corrected chi connectivity index (χ1v) is 12.6. The smallest absolute Gasteiger partial charge is 0.226 e. The summed E-state index contributed by atoms with van der Waals surface area (Å²) in [6.07, 6.45) is 9.74. The second kappa shape index (κ2) is 11.4. The molecule has 1 aliphatic carbocycles. The second-order valence-electron chi connectivity index (χ2n) is 8.61. The number of nitrogens with zero attached hydrogens (tertiary/aromatic N) is 1. The largest absolute Gasteiger partial charge is 0.381 e. The van der Waals surface area contributed by atoms with Gasteiger partial charge in [0.25, 0.3) is 0 Å². The van der Waals surface area contributed by atoms with Crippen molar-refractivity contribution >= 4 is 17.7 Å². The van der Waals surface area contributed by atoms with Gasteiger partial charge >= 0.3 is 0 Å². The third-order valence-electron chi connectivity index (χ3n) is 6.21. The van der Waals surface area contributed by atoms with Gasteiger partial charge in [-0.15, -0.1) is 11.8 Å². The zero-order chi connectivity index (χ0) is 20.6. The molecule has 1 saturated carbocycles. The molecular formula is C24H38N2O2S. The molecule has 1 aromatic rings. The number of hydrogen-bond acceptors (Lipinski definition) is 4. The van der Waals surface area contributed by atoms with E-state index in [0.29, 0.717) is 18.0 Å². The van der Waals surface area contributed by atoms with Crippen molar-refractivity contribution in [1.29, 1.82) is 0 Å². The zero-order valence-electron chi connectivity index (χ0n) is 18.4. The molecule has 2 aliphatic heterocycles. The van der Waals surface area contributed by atoms with Gasteiger partial charge in [0.1, 0.15) is 0 Å². The molecule has 2 unspecified atom stereocenters. The van der Waals surface area contributed by atoms with E-state index in [-0.39, 0.29) is 5.92 Å². The van der Waals surface area contributed by atoms with Crippen LogP contribution < -0.4 is 5.32 Å². The SMILES string of the molecule is CCC.CSc1ccc2c(c1)CN(C(=O)C1CCC(NC3CCOCC3)C1)CC2. The summed E-state index contributed by atoms with van der Waals surface area (Å²) in [7, 11) is 0. The lowest BCUT2D eigenvalue weighted by Crippen LogP contribution is -2.42. The molecule has 0 aromatic heterocycles. The Morgan fingerprint density at radius 2 is 1.90 bits per heavy atom. The summed E-state index contributed by atoms with van der Waals surface area (Å²) in [6.45, 7) is 7.66. The maximum Gasteiger partial charge on any atom is 0.226 e. The number of thioether (sulfide) groups is 1. The predicted molar refractivity (Wildman–Crippen MR) is 121 cm³/mol. The molecule has 1 N–H and O–H groups in total. The molecule has 2 atom stereocenters.